The third-order valence-electron chi connectivity index (χ3n) is 3.17. The SMILES string of the molecule is C=CCSCCNC(=O)C1(CC)CCNC1. The highest BCUT2D eigenvalue weighted by molar-refractivity contribution is 7.99. The summed E-state index contributed by atoms with van der Waals surface area (Å²) in [7, 11) is 0. The molecule has 3 nitrogen and oxygen atoms in total. The predicted molar refractivity (Wildman–Crippen MR) is 70.7 cm³/mol. The second-order valence-electron chi connectivity index (χ2n) is 4.18. The number of carbonyl (C=O) groups is 1. The summed E-state index contributed by atoms with van der Waals surface area (Å²) < 4.78 is 0. The van der Waals surface area contributed by atoms with Crippen LogP contribution in [0.1, 0.15) is 19.8 Å². The summed E-state index contributed by atoms with van der Waals surface area (Å²) in [5.41, 5.74) is -0.150. The van der Waals surface area contributed by atoms with E-state index in [-0.39, 0.29) is 11.3 Å². The van der Waals surface area contributed by atoms with Crippen LogP contribution in [0.2, 0.25) is 0 Å². The monoisotopic (exact) mass is 242 g/mol. The van der Waals surface area contributed by atoms with E-state index in [0.29, 0.717) is 0 Å². The number of hydrogen-bond acceptors (Lipinski definition) is 3. The van der Waals surface area contributed by atoms with E-state index in [1.807, 2.05) is 6.08 Å². The van der Waals surface area contributed by atoms with Gasteiger partial charge in [0.05, 0.1) is 5.41 Å². The van der Waals surface area contributed by atoms with Crippen molar-refractivity contribution in [3.8, 4) is 0 Å². The summed E-state index contributed by atoms with van der Waals surface area (Å²) in [4.78, 5) is 12.1. The molecule has 0 aliphatic carbocycles. The molecule has 0 radical (unpaired) electrons. The second kappa shape index (κ2) is 6.97. The molecule has 1 saturated heterocycles. The van der Waals surface area contributed by atoms with E-state index >= 15 is 0 Å². The van der Waals surface area contributed by atoms with E-state index < -0.39 is 0 Å². The van der Waals surface area contributed by atoms with Gasteiger partial charge in [-0.15, -0.1) is 6.58 Å². The Labute approximate surface area is 102 Å². The minimum Gasteiger partial charge on any atom is -0.355 e. The molecule has 0 saturated carbocycles. The summed E-state index contributed by atoms with van der Waals surface area (Å²) in [5, 5.41) is 6.32. The Bertz CT molecular complexity index is 237. The Morgan fingerprint density at radius 1 is 1.69 bits per heavy atom. The van der Waals surface area contributed by atoms with Crippen LogP contribution < -0.4 is 10.6 Å². The molecule has 0 aromatic heterocycles. The van der Waals surface area contributed by atoms with Crippen LogP contribution in [0.15, 0.2) is 12.7 Å². The molecule has 1 heterocycles. The van der Waals surface area contributed by atoms with Crippen molar-refractivity contribution in [1.82, 2.24) is 10.6 Å². The average Bonchev–Trinajstić information content (AvgIpc) is 2.78. The van der Waals surface area contributed by atoms with Crippen LogP contribution in [0.25, 0.3) is 0 Å². The van der Waals surface area contributed by atoms with Gasteiger partial charge in [0.2, 0.25) is 5.91 Å². The number of amides is 1. The molecule has 92 valence electrons. The summed E-state index contributed by atoms with van der Waals surface area (Å²) in [6.45, 7) is 8.32. The van der Waals surface area contributed by atoms with Crippen molar-refractivity contribution < 1.29 is 4.79 Å². The van der Waals surface area contributed by atoms with Gasteiger partial charge in [-0.25, -0.2) is 0 Å². The molecule has 1 aliphatic heterocycles. The Morgan fingerprint density at radius 3 is 3.06 bits per heavy atom. The molecule has 1 fully saturated rings. The van der Waals surface area contributed by atoms with E-state index in [4.69, 9.17) is 0 Å². The van der Waals surface area contributed by atoms with E-state index in [2.05, 4.69) is 24.1 Å². The van der Waals surface area contributed by atoms with Crippen molar-refractivity contribution >= 4 is 17.7 Å². The van der Waals surface area contributed by atoms with Crippen molar-refractivity contribution in [2.45, 2.75) is 19.8 Å². The standard InChI is InChI=1S/C12H22N2OS/c1-3-8-16-9-7-14-11(15)12(4-2)5-6-13-10-12/h3,13H,1,4-10H2,2H3,(H,14,15). The highest BCUT2D eigenvalue weighted by atomic mass is 32.2. The first-order valence-electron chi connectivity index (χ1n) is 5.93. The molecule has 1 amide bonds. The summed E-state index contributed by atoms with van der Waals surface area (Å²) in [5.74, 6) is 2.14. The Hall–Kier alpha value is -0.480. The average molecular weight is 242 g/mol. The van der Waals surface area contributed by atoms with Gasteiger partial charge >= 0.3 is 0 Å². The van der Waals surface area contributed by atoms with Crippen LogP contribution in [-0.2, 0) is 4.79 Å². The van der Waals surface area contributed by atoms with Gasteiger partial charge in [0, 0.05) is 24.6 Å². The van der Waals surface area contributed by atoms with Gasteiger partial charge in [0.1, 0.15) is 0 Å². The van der Waals surface area contributed by atoms with Crippen molar-refractivity contribution in [2.24, 2.45) is 5.41 Å². The lowest BCUT2D eigenvalue weighted by atomic mass is 9.83. The lowest BCUT2D eigenvalue weighted by Crippen LogP contribution is -2.42. The quantitative estimate of drug-likeness (QED) is 0.524. The number of hydrogen-bond donors (Lipinski definition) is 2. The molecule has 1 aliphatic rings. The van der Waals surface area contributed by atoms with Crippen molar-refractivity contribution in [1.29, 1.82) is 0 Å². The van der Waals surface area contributed by atoms with Gasteiger partial charge in [0.15, 0.2) is 0 Å². The third-order valence-corrected chi connectivity index (χ3v) is 4.13. The summed E-state index contributed by atoms with van der Waals surface area (Å²) in [6.07, 6.45) is 3.78. The maximum absolute atomic E-state index is 12.1. The maximum atomic E-state index is 12.1. The molecule has 4 heteroatoms. The first-order chi connectivity index (χ1) is 7.75. The van der Waals surface area contributed by atoms with Crippen LogP contribution in [0.4, 0.5) is 0 Å². The lowest BCUT2D eigenvalue weighted by Gasteiger charge is -2.25. The second-order valence-corrected chi connectivity index (χ2v) is 5.33. The zero-order chi connectivity index (χ0) is 11.9. The summed E-state index contributed by atoms with van der Waals surface area (Å²) >= 11 is 1.80. The van der Waals surface area contributed by atoms with E-state index in [1.54, 1.807) is 11.8 Å². The van der Waals surface area contributed by atoms with Crippen molar-refractivity contribution in [3.63, 3.8) is 0 Å². The fourth-order valence-corrected chi connectivity index (χ4v) is 2.57. The van der Waals surface area contributed by atoms with Crippen LogP contribution in [0, 0.1) is 5.41 Å². The maximum Gasteiger partial charge on any atom is 0.227 e. The number of rotatable bonds is 7. The highest BCUT2D eigenvalue weighted by Crippen LogP contribution is 2.29. The first-order valence-corrected chi connectivity index (χ1v) is 7.08. The van der Waals surface area contributed by atoms with Gasteiger partial charge < -0.3 is 10.6 Å². The zero-order valence-electron chi connectivity index (χ0n) is 10.1. The van der Waals surface area contributed by atoms with Crippen LogP contribution in [0.5, 0.6) is 0 Å². The van der Waals surface area contributed by atoms with E-state index in [0.717, 1.165) is 44.0 Å². The van der Waals surface area contributed by atoms with Gasteiger partial charge in [-0.3, -0.25) is 4.79 Å². The molecular formula is C12H22N2OS. The third kappa shape index (κ3) is 3.52. The highest BCUT2D eigenvalue weighted by Gasteiger charge is 2.38. The topological polar surface area (TPSA) is 41.1 Å². The number of carbonyl (C=O) groups excluding carboxylic acids is 1. The Kier molecular flexibility index (Phi) is 5.91. The molecule has 1 unspecified atom stereocenters. The number of thioether (sulfide) groups is 1. The van der Waals surface area contributed by atoms with Gasteiger partial charge in [-0.05, 0) is 19.4 Å². The Morgan fingerprint density at radius 2 is 2.50 bits per heavy atom. The molecular weight excluding hydrogens is 220 g/mol. The van der Waals surface area contributed by atoms with Gasteiger partial charge in [0.25, 0.3) is 0 Å². The largest absolute Gasteiger partial charge is 0.355 e. The molecule has 0 aromatic carbocycles. The summed E-state index contributed by atoms with van der Waals surface area (Å²) in [6, 6.07) is 0. The van der Waals surface area contributed by atoms with Gasteiger partial charge in [-0.2, -0.15) is 11.8 Å². The molecule has 0 bridgehead atoms. The lowest BCUT2D eigenvalue weighted by molar-refractivity contribution is -0.130. The van der Waals surface area contributed by atoms with Crippen molar-refractivity contribution in [3.05, 3.63) is 12.7 Å². The minimum atomic E-state index is -0.150. The van der Waals surface area contributed by atoms with E-state index in [9.17, 15) is 4.79 Å². The molecule has 1 atom stereocenters. The normalized spacial score (nSPS) is 24.3. The fraction of sp³-hybridized carbons (Fsp3) is 0.750. The van der Waals surface area contributed by atoms with Gasteiger partial charge in [-0.1, -0.05) is 13.0 Å². The smallest absolute Gasteiger partial charge is 0.227 e. The molecule has 16 heavy (non-hydrogen) atoms. The van der Waals surface area contributed by atoms with Crippen LogP contribution in [-0.4, -0.2) is 37.0 Å². The number of nitrogens with one attached hydrogen (secondary N) is 2. The molecule has 0 aromatic rings. The fourth-order valence-electron chi connectivity index (χ4n) is 1.99. The van der Waals surface area contributed by atoms with E-state index in [1.165, 1.54) is 0 Å². The first kappa shape index (κ1) is 13.6. The molecule has 2 N–H and O–H groups in total. The van der Waals surface area contributed by atoms with Crippen molar-refractivity contribution in [2.75, 3.05) is 31.1 Å². The molecule has 0 spiro atoms. The van der Waals surface area contributed by atoms with Crippen LogP contribution >= 0.6 is 11.8 Å². The van der Waals surface area contributed by atoms with Crippen LogP contribution in [0.3, 0.4) is 0 Å². The predicted octanol–water partition coefficient (Wildman–Crippen LogP) is 1.41. The molecule has 1 rings (SSSR count). The Balaban J connectivity index is 2.25. The zero-order valence-corrected chi connectivity index (χ0v) is 10.9. The minimum absolute atomic E-state index is 0.150.